The summed E-state index contributed by atoms with van der Waals surface area (Å²) < 4.78 is 1.48. The number of carbonyl (C=O) groups is 2. The minimum absolute atomic E-state index is 0.152. The summed E-state index contributed by atoms with van der Waals surface area (Å²) in [6.45, 7) is 1.42. The first-order valence-corrected chi connectivity index (χ1v) is 5.98. The van der Waals surface area contributed by atoms with Gasteiger partial charge in [0.2, 0.25) is 0 Å². The highest BCUT2D eigenvalue weighted by molar-refractivity contribution is 5.91. The maximum absolute atomic E-state index is 11.1. The number of hydrogen-bond acceptors (Lipinski definition) is 5. The molecule has 0 aliphatic heterocycles. The molecule has 2 aromatic rings. The Morgan fingerprint density at radius 3 is 2.50 bits per heavy atom. The van der Waals surface area contributed by atoms with E-state index in [4.69, 9.17) is 10.8 Å². The molecule has 7 nitrogen and oxygen atoms in total. The van der Waals surface area contributed by atoms with Gasteiger partial charge in [0.05, 0.1) is 11.9 Å². The Labute approximate surface area is 115 Å². The van der Waals surface area contributed by atoms with Gasteiger partial charge in [-0.1, -0.05) is 17.3 Å². The lowest BCUT2D eigenvalue weighted by Crippen LogP contribution is -2.32. The average molecular weight is 274 g/mol. The number of carbonyl (C=O) groups excluding carboxylic acids is 1. The van der Waals surface area contributed by atoms with Crippen LogP contribution in [0.1, 0.15) is 23.0 Å². The summed E-state index contributed by atoms with van der Waals surface area (Å²) in [4.78, 5) is 21.8. The van der Waals surface area contributed by atoms with Gasteiger partial charge in [-0.2, -0.15) is 0 Å². The van der Waals surface area contributed by atoms with Crippen LogP contribution < -0.4 is 5.73 Å². The minimum atomic E-state index is -1.03. The highest BCUT2D eigenvalue weighted by atomic mass is 16.4. The van der Waals surface area contributed by atoms with Gasteiger partial charge in [-0.3, -0.25) is 9.59 Å². The number of hydrogen-bond donors (Lipinski definition) is 2. The zero-order valence-corrected chi connectivity index (χ0v) is 10.9. The first-order valence-electron chi connectivity index (χ1n) is 5.98. The van der Waals surface area contributed by atoms with E-state index in [0.717, 1.165) is 11.3 Å². The first-order chi connectivity index (χ1) is 9.47. The molecule has 0 amide bonds. The molecule has 0 bridgehead atoms. The van der Waals surface area contributed by atoms with Crippen LogP contribution in [0.3, 0.4) is 0 Å². The zero-order valence-electron chi connectivity index (χ0n) is 10.9. The van der Waals surface area contributed by atoms with Gasteiger partial charge in [0.1, 0.15) is 11.7 Å². The molecule has 20 heavy (non-hydrogen) atoms. The van der Waals surface area contributed by atoms with Crippen molar-refractivity contribution in [2.45, 2.75) is 19.4 Å². The van der Waals surface area contributed by atoms with Crippen molar-refractivity contribution in [3.8, 4) is 5.69 Å². The van der Waals surface area contributed by atoms with Crippen LogP contribution in [-0.2, 0) is 11.2 Å². The second-order valence-electron chi connectivity index (χ2n) is 4.42. The van der Waals surface area contributed by atoms with E-state index in [9.17, 15) is 9.59 Å². The largest absolute Gasteiger partial charge is 0.480 e. The summed E-state index contributed by atoms with van der Waals surface area (Å²) in [6, 6.07) is 6.16. The van der Waals surface area contributed by atoms with Gasteiger partial charge in [-0.25, -0.2) is 4.68 Å². The van der Waals surface area contributed by atoms with Crippen LogP contribution in [0.25, 0.3) is 5.69 Å². The predicted molar refractivity (Wildman–Crippen MR) is 70.7 cm³/mol. The predicted octanol–water partition coefficient (Wildman–Crippen LogP) is 0.424. The number of aliphatic carboxylic acids is 1. The smallest absolute Gasteiger partial charge is 0.320 e. The van der Waals surface area contributed by atoms with Crippen LogP contribution in [0.2, 0.25) is 0 Å². The van der Waals surface area contributed by atoms with Crippen LogP contribution in [0.5, 0.6) is 0 Å². The van der Waals surface area contributed by atoms with Gasteiger partial charge in [-0.05, 0) is 24.1 Å². The molecule has 0 radical (unpaired) electrons. The molecule has 0 saturated carbocycles. The molecule has 0 spiro atoms. The molecule has 1 atom stereocenters. The molecule has 1 heterocycles. The molecule has 0 aliphatic rings. The third-order valence-corrected chi connectivity index (χ3v) is 2.83. The van der Waals surface area contributed by atoms with Crippen molar-refractivity contribution >= 4 is 11.8 Å². The van der Waals surface area contributed by atoms with Crippen LogP contribution >= 0.6 is 0 Å². The Morgan fingerprint density at radius 2 is 2.00 bits per heavy atom. The second kappa shape index (κ2) is 5.62. The van der Waals surface area contributed by atoms with Crippen molar-refractivity contribution in [3.63, 3.8) is 0 Å². The van der Waals surface area contributed by atoms with Crippen molar-refractivity contribution in [1.82, 2.24) is 15.0 Å². The lowest BCUT2D eigenvalue weighted by molar-refractivity contribution is -0.138. The number of Topliss-reactive ketones (excluding diaryl/α,β-unsaturated/α-hetero) is 1. The van der Waals surface area contributed by atoms with E-state index in [1.54, 1.807) is 30.5 Å². The van der Waals surface area contributed by atoms with Gasteiger partial charge in [0.25, 0.3) is 0 Å². The number of carboxylic acid groups (broad SMARTS) is 1. The molecule has 104 valence electrons. The van der Waals surface area contributed by atoms with E-state index in [-0.39, 0.29) is 12.2 Å². The van der Waals surface area contributed by atoms with Crippen molar-refractivity contribution in [1.29, 1.82) is 0 Å². The minimum Gasteiger partial charge on any atom is -0.480 e. The van der Waals surface area contributed by atoms with E-state index >= 15 is 0 Å². The third-order valence-electron chi connectivity index (χ3n) is 2.83. The van der Waals surface area contributed by atoms with Gasteiger partial charge < -0.3 is 10.8 Å². The van der Waals surface area contributed by atoms with Gasteiger partial charge in [0, 0.05) is 6.92 Å². The Hall–Kier alpha value is -2.54. The molecular weight excluding hydrogens is 260 g/mol. The molecule has 0 unspecified atom stereocenters. The van der Waals surface area contributed by atoms with Gasteiger partial charge in [-0.15, -0.1) is 5.10 Å². The fourth-order valence-electron chi connectivity index (χ4n) is 1.68. The SMILES string of the molecule is CC(=O)c1cn(-c2ccc(C[C@H](N)C(=O)O)cc2)nn1. The van der Waals surface area contributed by atoms with Crippen molar-refractivity contribution in [3.05, 3.63) is 41.7 Å². The molecule has 1 aromatic carbocycles. The molecule has 3 N–H and O–H groups in total. The average Bonchev–Trinajstić information content (AvgIpc) is 2.89. The summed E-state index contributed by atoms with van der Waals surface area (Å²) in [5.41, 5.74) is 7.31. The van der Waals surface area contributed by atoms with Gasteiger partial charge >= 0.3 is 5.97 Å². The molecule has 0 aliphatic carbocycles. The number of benzene rings is 1. The van der Waals surface area contributed by atoms with E-state index < -0.39 is 12.0 Å². The lowest BCUT2D eigenvalue weighted by Gasteiger charge is -2.07. The Morgan fingerprint density at radius 1 is 1.35 bits per heavy atom. The second-order valence-corrected chi connectivity index (χ2v) is 4.42. The van der Waals surface area contributed by atoms with Crippen LogP contribution in [0, 0.1) is 0 Å². The summed E-state index contributed by atoms with van der Waals surface area (Å²) >= 11 is 0. The van der Waals surface area contributed by atoms with E-state index in [2.05, 4.69) is 10.3 Å². The highest BCUT2D eigenvalue weighted by Gasteiger charge is 2.12. The summed E-state index contributed by atoms with van der Waals surface area (Å²) in [6.07, 6.45) is 1.80. The molecule has 2 rings (SSSR count). The topological polar surface area (TPSA) is 111 Å². The Balaban J connectivity index is 2.15. The number of nitrogens with zero attached hydrogens (tertiary/aromatic N) is 3. The molecule has 7 heteroatoms. The van der Waals surface area contributed by atoms with Crippen LogP contribution in [0.4, 0.5) is 0 Å². The molecule has 0 fully saturated rings. The first kappa shape index (κ1) is 13.9. The fraction of sp³-hybridized carbons (Fsp3) is 0.231. The molecular formula is C13H14N4O3. The Bertz CT molecular complexity index is 633. The summed E-state index contributed by atoms with van der Waals surface area (Å²) in [5, 5.41) is 16.4. The van der Waals surface area contributed by atoms with Crippen LogP contribution in [0.15, 0.2) is 30.5 Å². The molecule has 1 aromatic heterocycles. The standard InChI is InChI=1S/C13H14N4O3/c1-8(18)12-7-17(16-15-12)10-4-2-9(3-5-10)6-11(14)13(19)20/h2-5,7,11H,6,14H2,1H3,(H,19,20)/t11-/m0/s1. The number of carboxylic acids is 1. The van der Waals surface area contributed by atoms with E-state index in [1.807, 2.05) is 0 Å². The monoisotopic (exact) mass is 274 g/mol. The van der Waals surface area contributed by atoms with Gasteiger partial charge in [0.15, 0.2) is 5.78 Å². The van der Waals surface area contributed by atoms with Crippen molar-refractivity contribution in [2.75, 3.05) is 0 Å². The molecule has 0 saturated heterocycles. The van der Waals surface area contributed by atoms with E-state index in [1.165, 1.54) is 11.6 Å². The maximum Gasteiger partial charge on any atom is 0.320 e. The zero-order chi connectivity index (χ0) is 14.7. The number of rotatable bonds is 5. The number of nitrogens with two attached hydrogens (primary N) is 1. The highest BCUT2D eigenvalue weighted by Crippen LogP contribution is 2.10. The number of ketones is 1. The summed E-state index contributed by atoms with van der Waals surface area (Å²) in [5.74, 6) is -1.18. The van der Waals surface area contributed by atoms with Crippen molar-refractivity contribution in [2.24, 2.45) is 5.73 Å². The van der Waals surface area contributed by atoms with E-state index in [0.29, 0.717) is 5.69 Å². The van der Waals surface area contributed by atoms with Crippen molar-refractivity contribution < 1.29 is 14.7 Å². The van der Waals surface area contributed by atoms with Crippen LogP contribution in [-0.4, -0.2) is 37.9 Å². The Kier molecular flexibility index (Phi) is 3.90. The fourth-order valence-corrected chi connectivity index (χ4v) is 1.68. The quantitative estimate of drug-likeness (QED) is 0.764. The summed E-state index contributed by atoms with van der Waals surface area (Å²) in [7, 11) is 0. The number of aromatic nitrogens is 3. The lowest BCUT2D eigenvalue weighted by atomic mass is 10.1. The third kappa shape index (κ3) is 3.07. The normalized spacial score (nSPS) is 12.1. The maximum atomic E-state index is 11.1.